The second-order valence-corrected chi connectivity index (χ2v) is 5.05. The van der Waals surface area contributed by atoms with Crippen molar-refractivity contribution >= 4 is 17.9 Å². The lowest BCUT2D eigenvalue weighted by Crippen LogP contribution is -2.45. The van der Waals surface area contributed by atoms with Crippen LogP contribution in [0.4, 0.5) is 4.79 Å². The first kappa shape index (κ1) is 15.8. The van der Waals surface area contributed by atoms with Crippen LogP contribution < -0.4 is 5.32 Å². The maximum absolute atomic E-state index is 11.6. The molecule has 1 saturated heterocycles. The number of amides is 1. The van der Waals surface area contributed by atoms with E-state index >= 15 is 0 Å². The Hall–Kier alpha value is -2.57. The van der Waals surface area contributed by atoms with Crippen molar-refractivity contribution in [1.82, 2.24) is 10.2 Å². The van der Waals surface area contributed by atoms with Gasteiger partial charge < -0.3 is 20.1 Å². The van der Waals surface area contributed by atoms with Gasteiger partial charge in [0.2, 0.25) is 0 Å². The van der Waals surface area contributed by atoms with Gasteiger partial charge in [-0.15, -0.1) is 0 Å². The van der Waals surface area contributed by atoms with Gasteiger partial charge in [-0.05, 0) is 18.4 Å². The summed E-state index contributed by atoms with van der Waals surface area (Å²) in [6.45, 7) is 0.634. The van der Waals surface area contributed by atoms with Gasteiger partial charge in [-0.2, -0.15) is 0 Å². The summed E-state index contributed by atoms with van der Waals surface area (Å²) in [5.74, 6) is -0.851. The van der Waals surface area contributed by atoms with Crippen molar-refractivity contribution in [3.05, 3.63) is 35.9 Å². The SMILES string of the molecule is N=C(CNC(=O)OCc1ccccc1)N1CCC[C@H]1C(=O)O. The summed E-state index contributed by atoms with van der Waals surface area (Å²) in [4.78, 5) is 24.1. The van der Waals surface area contributed by atoms with Crippen LogP contribution >= 0.6 is 0 Å². The fourth-order valence-electron chi connectivity index (χ4n) is 2.38. The number of carboxylic acids is 1. The van der Waals surface area contributed by atoms with Crippen LogP contribution in [0, 0.1) is 5.41 Å². The van der Waals surface area contributed by atoms with E-state index in [1.807, 2.05) is 30.3 Å². The molecular weight excluding hydrogens is 286 g/mol. The van der Waals surface area contributed by atoms with Crippen LogP contribution in [0.25, 0.3) is 0 Å². The monoisotopic (exact) mass is 305 g/mol. The Morgan fingerprint density at radius 2 is 2.09 bits per heavy atom. The number of hydrogen-bond donors (Lipinski definition) is 3. The molecule has 7 heteroatoms. The van der Waals surface area contributed by atoms with Crippen LogP contribution in [0.15, 0.2) is 30.3 Å². The predicted octanol–water partition coefficient (Wildman–Crippen LogP) is 1.44. The largest absolute Gasteiger partial charge is 0.480 e. The van der Waals surface area contributed by atoms with Gasteiger partial charge in [-0.25, -0.2) is 9.59 Å². The maximum atomic E-state index is 11.6. The number of alkyl carbamates (subject to hydrolysis) is 1. The first-order valence-electron chi connectivity index (χ1n) is 7.09. The number of hydrogen-bond acceptors (Lipinski definition) is 4. The van der Waals surface area contributed by atoms with Gasteiger partial charge in [0.1, 0.15) is 18.5 Å². The van der Waals surface area contributed by atoms with Crippen molar-refractivity contribution in [3.8, 4) is 0 Å². The third-order valence-electron chi connectivity index (χ3n) is 3.50. The number of likely N-dealkylation sites (tertiary alicyclic amines) is 1. The van der Waals surface area contributed by atoms with E-state index in [1.165, 1.54) is 4.90 Å². The Morgan fingerprint density at radius 3 is 2.77 bits per heavy atom. The van der Waals surface area contributed by atoms with Crippen molar-refractivity contribution in [2.24, 2.45) is 0 Å². The van der Waals surface area contributed by atoms with Crippen LogP contribution in [0.3, 0.4) is 0 Å². The highest BCUT2D eigenvalue weighted by molar-refractivity contribution is 5.88. The molecular formula is C15H19N3O4. The molecule has 1 atom stereocenters. The zero-order valence-electron chi connectivity index (χ0n) is 12.1. The van der Waals surface area contributed by atoms with Crippen molar-refractivity contribution in [2.45, 2.75) is 25.5 Å². The number of aliphatic carboxylic acids is 1. The zero-order valence-corrected chi connectivity index (χ0v) is 12.1. The van der Waals surface area contributed by atoms with Crippen molar-refractivity contribution in [2.75, 3.05) is 13.1 Å². The Morgan fingerprint density at radius 1 is 1.36 bits per heavy atom. The number of carboxylic acid groups (broad SMARTS) is 1. The molecule has 0 unspecified atom stereocenters. The van der Waals surface area contributed by atoms with Gasteiger partial charge in [0.05, 0.1) is 6.54 Å². The van der Waals surface area contributed by atoms with Crippen LogP contribution in [0.2, 0.25) is 0 Å². The lowest BCUT2D eigenvalue weighted by atomic mass is 10.2. The van der Waals surface area contributed by atoms with Gasteiger partial charge >= 0.3 is 12.1 Å². The second kappa shape index (κ2) is 7.44. The van der Waals surface area contributed by atoms with Crippen LogP contribution in [0.1, 0.15) is 18.4 Å². The minimum Gasteiger partial charge on any atom is -0.480 e. The molecule has 3 N–H and O–H groups in total. The molecule has 0 saturated carbocycles. The summed E-state index contributed by atoms with van der Waals surface area (Å²) in [5, 5.41) is 19.4. The van der Waals surface area contributed by atoms with E-state index in [0.717, 1.165) is 12.0 Å². The smallest absolute Gasteiger partial charge is 0.407 e. The molecule has 1 aliphatic rings. The second-order valence-electron chi connectivity index (χ2n) is 5.05. The molecule has 1 aliphatic heterocycles. The first-order chi connectivity index (χ1) is 10.6. The number of benzene rings is 1. The Bertz CT molecular complexity index is 547. The van der Waals surface area contributed by atoms with Crippen LogP contribution in [-0.2, 0) is 16.1 Å². The molecule has 0 spiro atoms. The maximum Gasteiger partial charge on any atom is 0.407 e. The molecule has 1 amide bonds. The molecule has 0 radical (unpaired) electrons. The molecule has 22 heavy (non-hydrogen) atoms. The number of amidine groups is 1. The van der Waals surface area contributed by atoms with Crippen LogP contribution in [0.5, 0.6) is 0 Å². The van der Waals surface area contributed by atoms with E-state index in [-0.39, 0.29) is 19.0 Å². The van der Waals surface area contributed by atoms with E-state index in [2.05, 4.69) is 5.32 Å². The lowest BCUT2D eigenvalue weighted by molar-refractivity contribution is -0.140. The lowest BCUT2D eigenvalue weighted by Gasteiger charge is -2.24. The Labute approximate surface area is 128 Å². The molecule has 2 rings (SSSR count). The van der Waals surface area contributed by atoms with Crippen LogP contribution in [-0.4, -0.2) is 47.0 Å². The Balaban J connectivity index is 1.74. The minimum absolute atomic E-state index is 0.0442. The number of nitrogens with one attached hydrogen (secondary N) is 2. The van der Waals surface area contributed by atoms with E-state index in [1.54, 1.807) is 0 Å². The average Bonchev–Trinajstić information content (AvgIpc) is 3.01. The molecule has 1 heterocycles. The standard InChI is InChI=1S/C15H19N3O4/c16-13(18-8-4-7-12(18)14(19)20)9-17-15(21)22-10-11-5-2-1-3-6-11/h1-3,5-6,12,16H,4,7-10H2,(H,17,21)(H,19,20)/t12-/m0/s1. The molecule has 118 valence electrons. The van der Waals surface area contributed by atoms with Gasteiger partial charge in [0.25, 0.3) is 0 Å². The van der Waals surface area contributed by atoms with Crippen molar-refractivity contribution < 1.29 is 19.4 Å². The van der Waals surface area contributed by atoms with Crippen molar-refractivity contribution in [3.63, 3.8) is 0 Å². The van der Waals surface area contributed by atoms with E-state index in [4.69, 9.17) is 15.3 Å². The quantitative estimate of drug-likeness (QED) is 0.564. The molecule has 7 nitrogen and oxygen atoms in total. The molecule has 1 aromatic rings. The number of carbonyl (C=O) groups is 2. The zero-order chi connectivity index (χ0) is 15.9. The highest BCUT2D eigenvalue weighted by Gasteiger charge is 2.32. The third-order valence-corrected chi connectivity index (χ3v) is 3.50. The number of nitrogens with zero attached hydrogens (tertiary/aromatic N) is 1. The van der Waals surface area contributed by atoms with E-state index in [0.29, 0.717) is 13.0 Å². The third kappa shape index (κ3) is 4.21. The highest BCUT2D eigenvalue weighted by atomic mass is 16.5. The van der Waals surface area contributed by atoms with Gasteiger partial charge in [0.15, 0.2) is 0 Å². The molecule has 1 aromatic carbocycles. The summed E-state index contributed by atoms with van der Waals surface area (Å²) in [7, 11) is 0. The molecule has 0 bridgehead atoms. The van der Waals surface area contributed by atoms with Gasteiger partial charge in [-0.1, -0.05) is 30.3 Å². The Kier molecular flexibility index (Phi) is 5.35. The van der Waals surface area contributed by atoms with Gasteiger partial charge in [0, 0.05) is 6.54 Å². The molecule has 0 aromatic heterocycles. The minimum atomic E-state index is -0.936. The van der Waals surface area contributed by atoms with Gasteiger partial charge in [-0.3, -0.25) is 5.41 Å². The average molecular weight is 305 g/mol. The topological polar surface area (TPSA) is 103 Å². The number of ether oxygens (including phenoxy) is 1. The van der Waals surface area contributed by atoms with E-state index < -0.39 is 18.1 Å². The summed E-state index contributed by atoms with van der Waals surface area (Å²) < 4.78 is 5.03. The summed E-state index contributed by atoms with van der Waals surface area (Å²) >= 11 is 0. The highest BCUT2D eigenvalue weighted by Crippen LogP contribution is 2.17. The number of rotatable bonds is 5. The predicted molar refractivity (Wildman–Crippen MR) is 79.7 cm³/mol. The van der Waals surface area contributed by atoms with Crippen molar-refractivity contribution in [1.29, 1.82) is 5.41 Å². The van der Waals surface area contributed by atoms with E-state index in [9.17, 15) is 9.59 Å². The fraction of sp³-hybridized carbons (Fsp3) is 0.400. The summed E-state index contributed by atoms with van der Waals surface area (Å²) in [5.41, 5.74) is 0.873. The number of carbonyl (C=O) groups excluding carboxylic acids is 1. The fourth-order valence-corrected chi connectivity index (χ4v) is 2.38. The normalized spacial score (nSPS) is 17.1. The summed E-state index contributed by atoms with van der Waals surface area (Å²) in [6.07, 6.45) is 0.633. The molecule has 0 aliphatic carbocycles. The molecule has 1 fully saturated rings. The first-order valence-corrected chi connectivity index (χ1v) is 7.09. The summed E-state index contributed by atoms with van der Waals surface area (Å²) in [6, 6.07) is 8.60.